The van der Waals surface area contributed by atoms with Crippen LogP contribution >= 0.6 is 0 Å². The average Bonchev–Trinajstić information content (AvgIpc) is 2.04. The molecule has 0 atom stereocenters. The summed E-state index contributed by atoms with van der Waals surface area (Å²) < 4.78 is 0. The zero-order valence-electron chi connectivity index (χ0n) is 7.24. The Balaban J connectivity index is 3.27. The van der Waals surface area contributed by atoms with Gasteiger partial charge in [-0.2, -0.15) is 0 Å². The number of benzene rings is 1. The topological polar surface area (TPSA) is 57.5 Å². The lowest BCUT2D eigenvalue weighted by Gasteiger charge is -2.03. The maximum atomic E-state index is 10.6. The molecule has 0 heterocycles. The lowest BCUT2D eigenvalue weighted by Crippen LogP contribution is -1.97. The predicted octanol–water partition coefficient (Wildman–Crippen LogP) is 2.12. The summed E-state index contributed by atoms with van der Waals surface area (Å²) in [6.07, 6.45) is 0. The molecule has 1 aromatic carbocycles. The summed E-state index contributed by atoms with van der Waals surface area (Å²) >= 11 is 0. The van der Waals surface area contributed by atoms with E-state index >= 15 is 0 Å². The third-order valence-corrected chi connectivity index (χ3v) is 1.72. The molecule has 3 heteroatoms. The minimum atomic E-state index is -1.14. The van der Waals surface area contributed by atoms with Gasteiger partial charge in [0.2, 0.25) is 0 Å². The van der Waals surface area contributed by atoms with E-state index in [-0.39, 0.29) is 11.3 Å². The van der Waals surface area contributed by atoms with Crippen LogP contribution in [0.4, 0.5) is 0 Å². The average molecular weight is 178 g/mol. The summed E-state index contributed by atoms with van der Waals surface area (Å²) in [5.41, 5.74) is 1.39. The van der Waals surface area contributed by atoms with Gasteiger partial charge in [-0.3, -0.25) is 0 Å². The van der Waals surface area contributed by atoms with Gasteiger partial charge in [0.15, 0.2) is 0 Å². The summed E-state index contributed by atoms with van der Waals surface area (Å²) in [6.45, 7) is 5.46. The summed E-state index contributed by atoms with van der Waals surface area (Å²) in [7, 11) is 0. The van der Waals surface area contributed by atoms with Crippen molar-refractivity contribution in [3.63, 3.8) is 0 Å². The highest BCUT2D eigenvalue weighted by molar-refractivity contribution is 5.91. The van der Waals surface area contributed by atoms with E-state index in [0.717, 1.165) is 11.1 Å². The number of carboxylic acid groups (broad SMARTS) is 1. The highest BCUT2D eigenvalue weighted by Crippen LogP contribution is 2.21. The van der Waals surface area contributed by atoms with E-state index in [4.69, 9.17) is 5.11 Å². The molecule has 2 N–H and O–H groups in total. The number of allylic oxidation sites excluding steroid dienone is 1. The van der Waals surface area contributed by atoms with Gasteiger partial charge < -0.3 is 10.2 Å². The molecule has 0 saturated carbocycles. The molecule has 1 aromatic rings. The zero-order valence-corrected chi connectivity index (χ0v) is 7.24. The van der Waals surface area contributed by atoms with Gasteiger partial charge in [0, 0.05) is 0 Å². The van der Waals surface area contributed by atoms with Crippen LogP contribution < -0.4 is 0 Å². The first-order valence-corrected chi connectivity index (χ1v) is 3.74. The number of aromatic hydroxyl groups is 1. The van der Waals surface area contributed by atoms with Crippen LogP contribution in [0.2, 0.25) is 0 Å². The fourth-order valence-corrected chi connectivity index (χ4v) is 0.973. The van der Waals surface area contributed by atoms with Crippen molar-refractivity contribution < 1.29 is 15.0 Å². The number of aromatic carboxylic acids is 1. The Morgan fingerprint density at radius 2 is 2.08 bits per heavy atom. The summed E-state index contributed by atoms with van der Waals surface area (Å²) in [6, 6.07) is 4.39. The molecule has 0 aliphatic heterocycles. The second-order valence-corrected chi connectivity index (χ2v) is 2.82. The number of phenols is 1. The molecule has 0 aliphatic rings. The second-order valence-electron chi connectivity index (χ2n) is 2.82. The van der Waals surface area contributed by atoms with Crippen molar-refractivity contribution in [1.29, 1.82) is 0 Å². The predicted molar refractivity (Wildman–Crippen MR) is 49.8 cm³/mol. The van der Waals surface area contributed by atoms with Crippen LogP contribution in [0.15, 0.2) is 24.8 Å². The van der Waals surface area contributed by atoms with E-state index in [9.17, 15) is 9.90 Å². The van der Waals surface area contributed by atoms with Crippen molar-refractivity contribution in [1.82, 2.24) is 0 Å². The van der Waals surface area contributed by atoms with E-state index < -0.39 is 5.97 Å². The number of rotatable bonds is 2. The van der Waals surface area contributed by atoms with E-state index in [2.05, 4.69) is 6.58 Å². The number of carbonyl (C=O) groups is 1. The quantitative estimate of drug-likeness (QED) is 0.729. The Labute approximate surface area is 76.0 Å². The number of carboxylic acids is 1. The Hall–Kier alpha value is -1.77. The molecule has 0 amide bonds. The molecule has 0 radical (unpaired) electrons. The summed E-state index contributed by atoms with van der Waals surface area (Å²) in [5, 5.41) is 17.9. The van der Waals surface area contributed by atoms with Crippen molar-refractivity contribution in [3.8, 4) is 5.75 Å². The van der Waals surface area contributed by atoms with Gasteiger partial charge in [0.25, 0.3) is 0 Å². The molecule has 0 aliphatic carbocycles. The fourth-order valence-electron chi connectivity index (χ4n) is 0.973. The third kappa shape index (κ3) is 1.87. The van der Waals surface area contributed by atoms with Crippen LogP contribution in [-0.2, 0) is 0 Å². The van der Waals surface area contributed by atoms with Crippen LogP contribution in [-0.4, -0.2) is 16.2 Å². The van der Waals surface area contributed by atoms with Crippen LogP contribution in [0.1, 0.15) is 22.8 Å². The molecule has 3 nitrogen and oxygen atoms in total. The molecule has 0 fully saturated rings. The normalized spacial score (nSPS) is 9.62. The van der Waals surface area contributed by atoms with Gasteiger partial charge in [0.1, 0.15) is 11.3 Å². The van der Waals surface area contributed by atoms with E-state index in [1.165, 1.54) is 12.1 Å². The van der Waals surface area contributed by atoms with E-state index in [1.54, 1.807) is 13.0 Å². The van der Waals surface area contributed by atoms with Crippen LogP contribution in [0.25, 0.3) is 5.57 Å². The van der Waals surface area contributed by atoms with Gasteiger partial charge in [0.05, 0.1) is 0 Å². The largest absolute Gasteiger partial charge is 0.507 e. The molecule has 0 unspecified atom stereocenters. The Morgan fingerprint density at radius 3 is 2.54 bits per heavy atom. The van der Waals surface area contributed by atoms with Crippen LogP contribution in [0.3, 0.4) is 0 Å². The highest BCUT2D eigenvalue weighted by atomic mass is 16.4. The van der Waals surface area contributed by atoms with Crippen molar-refractivity contribution in [2.45, 2.75) is 6.92 Å². The van der Waals surface area contributed by atoms with Crippen molar-refractivity contribution >= 4 is 11.5 Å². The van der Waals surface area contributed by atoms with Gasteiger partial charge in [-0.15, -0.1) is 0 Å². The van der Waals surface area contributed by atoms with Gasteiger partial charge in [-0.05, 0) is 24.6 Å². The number of hydrogen-bond acceptors (Lipinski definition) is 2. The first kappa shape index (κ1) is 9.32. The minimum absolute atomic E-state index is 0.0968. The molecule has 0 spiro atoms. The monoisotopic (exact) mass is 178 g/mol. The molecule has 13 heavy (non-hydrogen) atoms. The van der Waals surface area contributed by atoms with E-state index in [0.29, 0.717) is 0 Å². The van der Waals surface area contributed by atoms with Crippen molar-refractivity contribution in [2.75, 3.05) is 0 Å². The Bertz CT molecular complexity index is 366. The van der Waals surface area contributed by atoms with Crippen LogP contribution in [0.5, 0.6) is 5.75 Å². The Morgan fingerprint density at radius 1 is 1.46 bits per heavy atom. The highest BCUT2D eigenvalue weighted by Gasteiger charge is 2.09. The van der Waals surface area contributed by atoms with Gasteiger partial charge in [-0.1, -0.05) is 18.2 Å². The van der Waals surface area contributed by atoms with Crippen molar-refractivity contribution in [3.05, 3.63) is 35.9 Å². The van der Waals surface area contributed by atoms with Crippen LogP contribution in [0, 0.1) is 0 Å². The lowest BCUT2D eigenvalue weighted by molar-refractivity contribution is 0.0693. The summed E-state index contributed by atoms with van der Waals surface area (Å²) in [5.74, 6) is -1.36. The maximum Gasteiger partial charge on any atom is 0.339 e. The molecular weight excluding hydrogens is 168 g/mol. The molecule has 68 valence electrons. The minimum Gasteiger partial charge on any atom is -0.507 e. The lowest BCUT2D eigenvalue weighted by atomic mass is 10.1. The SMILES string of the molecule is C=C(C)c1ccc(O)c(C(=O)O)c1. The van der Waals surface area contributed by atoms with Gasteiger partial charge in [-0.25, -0.2) is 4.79 Å². The van der Waals surface area contributed by atoms with Gasteiger partial charge >= 0.3 is 5.97 Å². The van der Waals surface area contributed by atoms with E-state index in [1.807, 2.05) is 0 Å². The third-order valence-electron chi connectivity index (χ3n) is 1.72. The molecular formula is C10H10O3. The standard InChI is InChI=1S/C10H10O3/c1-6(2)7-3-4-9(11)8(5-7)10(12)13/h3-5,11H,1H2,2H3,(H,12,13). The Kier molecular flexibility index (Phi) is 2.37. The number of hydrogen-bond donors (Lipinski definition) is 2. The molecule has 1 rings (SSSR count). The molecule has 0 saturated heterocycles. The zero-order chi connectivity index (χ0) is 10.0. The molecule has 0 aromatic heterocycles. The second kappa shape index (κ2) is 3.31. The fraction of sp³-hybridized carbons (Fsp3) is 0.100. The van der Waals surface area contributed by atoms with Crippen molar-refractivity contribution in [2.24, 2.45) is 0 Å². The first-order chi connectivity index (χ1) is 6.02. The maximum absolute atomic E-state index is 10.6. The molecule has 0 bridgehead atoms. The first-order valence-electron chi connectivity index (χ1n) is 3.74. The smallest absolute Gasteiger partial charge is 0.339 e. The summed E-state index contributed by atoms with van der Waals surface area (Å²) in [4.78, 5) is 10.6.